The molecule has 0 aromatic heterocycles. The van der Waals surface area contributed by atoms with Crippen molar-refractivity contribution in [2.75, 3.05) is 6.54 Å². The molecule has 16 heavy (non-hydrogen) atoms. The van der Waals surface area contributed by atoms with Gasteiger partial charge in [-0.1, -0.05) is 33.3 Å². The topological polar surface area (TPSA) is 32.3 Å². The Labute approximate surface area is 98.2 Å². The highest BCUT2D eigenvalue weighted by Gasteiger charge is 2.17. The Bertz CT molecular complexity index is 305. The van der Waals surface area contributed by atoms with Crippen molar-refractivity contribution in [3.63, 3.8) is 0 Å². The smallest absolute Gasteiger partial charge is 0.308 e. The molecule has 0 fully saturated rings. The van der Waals surface area contributed by atoms with Crippen molar-refractivity contribution in [2.45, 2.75) is 40.0 Å². The van der Waals surface area contributed by atoms with Crippen molar-refractivity contribution in [2.24, 2.45) is 5.92 Å². The molecular weight excluding hydrogens is 200 g/mol. The predicted octanol–water partition coefficient (Wildman–Crippen LogP) is 3.26. The number of carbonyl (C=O) groups excluding carboxylic acids is 1. The molecule has 0 radical (unpaired) electrons. The van der Waals surface area contributed by atoms with Crippen molar-refractivity contribution in [3.05, 3.63) is 24.0 Å². The quantitative estimate of drug-likeness (QED) is 0.711. The third-order valence-corrected chi connectivity index (χ3v) is 2.77. The van der Waals surface area contributed by atoms with E-state index in [1.807, 2.05) is 13.1 Å². The number of rotatable bonds is 5. The van der Waals surface area contributed by atoms with E-state index in [0.29, 0.717) is 5.70 Å². The molecule has 3 nitrogen and oxygen atoms in total. The minimum Gasteiger partial charge on any atom is -0.308 e. The highest BCUT2D eigenvalue weighted by atomic mass is 16.2. The molecule has 0 bridgehead atoms. The summed E-state index contributed by atoms with van der Waals surface area (Å²) in [6.07, 6.45) is 5.35. The second kappa shape index (κ2) is 5.73. The zero-order valence-corrected chi connectivity index (χ0v) is 10.5. The lowest BCUT2D eigenvalue weighted by molar-refractivity contribution is 0.214. The fourth-order valence-corrected chi connectivity index (χ4v) is 1.67. The second-order valence-electron chi connectivity index (χ2n) is 4.80. The molecule has 1 heterocycles. The van der Waals surface area contributed by atoms with E-state index in [9.17, 15) is 4.79 Å². The number of allylic oxidation sites excluding steroid dienone is 1. The maximum Gasteiger partial charge on any atom is 0.325 e. The molecule has 1 N–H and O–H groups in total. The number of unbranched alkanes of at least 4 members (excludes halogenated alkanes) is 1. The molecule has 0 atom stereocenters. The largest absolute Gasteiger partial charge is 0.325 e. The van der Waals surface area contributed by atoms with Crippen LogP contribution in [0.15, 0.2) is 24.0 Å². The minimum atomic E-state index is -0.0554. The zero-order chi connectivity index (χ0) is 12.1. The van der Waals surface area contributed by atoms with E-state index in [4.69, 9.17) is 0 Å². The van der Waals surface area contributed by atoms with Gasteiger partial charge in [-0.05, 0) is 24.8 Å². The van der Waals surface area contributed by atoms with Gasteiger partial charge >= 0.3 is 6.03 Å². The number of nitrogens with one attached hydrogen (secondary N) is 1. The van der Waals surface area contributed by atoms with E-state index in [0.717, 1.165) is 24.5 Å². The van der Waals surface area contributed by atoms with E-state index < -0.39 is 0 Å². The number of urea groups is 1. The highest BCUT2D eigenvalue weighted by molar-refractivity contribution is 5.80. The fraction of sp³-hybridized carbons (Fsp3) is 0.615. The number of amides is 2. The fourth-order valence-electron chi connectivity index (χ4n) is 1.67. The Morgan fingerprint density at radius 3 is 2.75 bits per heavy atom. The van der Waals surface area contributed by atoms with Gasteiger partial charge in [-0.25, -0.2) is 4.79 Å². The molecule has 0 aromatic rings. The normalized spacial score (nSPS) is 16.5. The van der Waals surface area contributed by atoms with Gasteiger partial charge in [0.1, 0.15) is 0 Å². The first-order chi connectivity index (χ1) is 7.50. The van der Waals surface area contributed by atoms with Crippen LogP contribution in [0, 0.1) is 5.92 Å². The number of hydrogen-bond donors (Lipinski definition) is 1. The van der Waals surface area contributed by atoms with Gasteiger partial charge in [0.25, 0.3) is 0 Å². The van der Waals surface area contributed by atoms with Crippen molar-refractivity contribution in [1.29, 1.82) is 0 Å². The Morgan fingerprint density at radius 1 is 1.44 bits per heavy atom. The Hall–Kier alpha value is -1.25. The van der Waals surface area contributed by atoms with Crippen LogP contribution in [0.1, 0.15) is 40.0 Å². The third-order valence-electron chi connectivity index (χ3n) is 2.77. The average molecular weight is 222 g/mol. The zero-order valence-electron chi connectivity index (χ0n) is 10.5. The maximum absolute atomic E-state index is 11.6. The van der Waals surface area contributed by atoms with E-state index in [1.165, 1.54) is 12.8 Å². The van der Waals surface area contributed by atoms with Gasteiger partial charge in [0, 0.05) is 18.4 Å². The van der Waals surface area contributed by atoms with Crippen LogP contribution < -0.4 is 5.32 Å². The number of hydrogen-bond acceptors (Lipinski definition) is 1. The molecule has 0 saturated heterocycles. The highest BCUT2D eigenvalue weighted by Crippen LogP contribution is 2.14. The van der Waals surface area contributed by atoms with Crippen molar-refractivity contribution >= 4 is 6.03 Å². The Balaban J connectivity index is 2.37. The van der Waals surface area contributed by atoms with Gasteiger partial charge in [0.05, 0.1) is 0 Å². The summed E-state index contributed by atoms with van der Waals surface area (Å²) in [5.41, 5.74) is 1.74. The first kappa shape index (κ1) is 12.8. The van der Waals surface area contributed by atoms with Crippen molar-refractivity contribution < 1.29 is 4.79 Å². The summed E-state index contributed by atoms with van der Waals surface area (Å²) in [6, 6.07) is -0.0554. The molecule has 1 rings (SSSR count). The summed E-state index contributed by atoms with van der Waals surface area (Å²) in [7, 11) is 0. The molecule has 0 saturated carbocycles. The standard InChI is InChI=1S/C13H22N2O/c1-10(2)7-5-6-8-15-9-11(3)12(4)14-13(15)16/h9-10H,4-8H2,1-3H3,(H,14,16). The van der Waals surface area contributed by atoms with Crippen LogP contribution in [0.2, 0.25) is 0 Å². The maximum atomic E-state index is 11.6. The van der Waals surface area contributed by atoms with Gasteiger partial charge in [-0.3, -0.25) is 0 Å². The minimum absolute atomic E-state index is 0.0554. The van der Waals surface area contributed by atoms with Gasteiger partial charge < -0.3 is 10.2 Å². The molecule has 0 aromatic carbocycles. The van der Waals surface area contributed by atoms with Crippen molar-refractivity contribution in [3.8, 4) is 0 Å². The molecule has 3 heteroatoms. The molecule has 1 aliphatic rings. The lowest BCUT2D eigenvalue weighted by Crippen LogP contribution is -2.40. The molecule has 2 amide bonds. The molecule has 0 aliphatic carbocycles. The van der Waals surface area contributed by atoms with E-state index in [2.05, 4.69) is 25.7 Å². The lowest BCUT2D eigenvalue weighted by Gasteiger charge is -2.26. The molecule has 90 valence electrons. The van der Waals surface area contributed by atoms with Gasteiger partial charge in [0.2, 0.25) is 0 Å². The SMILES string of the molecule is C=C1NC(=O)N(CCCCC(C)C)C=C1C. The van der Waals surface area contributed by atoms with Gasteiger partial charge in [-0.15, -0.1) is 0 Å². The number of carbonyl (C=O) groups is 1. The Morgan fingerprint density at radius 2 is 2.12 bits per heavy atom. The molecular formula is C13H22N2O. The van der Waals surface area contributed by atoms with Crippen LogP contribution in [0.3, 0.4) is 0 Å². The summed E-state index contributed by atoms with van der Waals surface area (Å²) in [4.78, 5) is 13.3. The van der Waals surface area contributed by atoms with Crippen LogP contribution in [-0.2, 0) is 0 Å². The van der Waals surface area contributed by atoms with Crippen LogP contribution in [0.5, 0.6) is 0 Å². The lowest BCUT2D eigenvalue weighted by atomic mass is 10.1. The van der Waals surface area contributed by atoms with Crippen molar-refractivity contribution in [1.82, 2.24) is 10.2 Å². The summed E-state index contributed by atoms with van der Waals surface area (Å²) in [5, 5.41) is 2.75. The van der Waals surface area contributed by atoms with E-state index >= 15 is 0 Å². The second-order valence-corrected chi connectivity index (χ2v) is 4.80. The Kier molecular flexibility index (Phi) is 4.59. The average Bonchev–Trinajstić information content (AvgIpc) is 2.19. The van der Waals surface area contributed by atoms with Crippen LogP contribution in [-0.4, -0.2) is 17.5 Å². The summed E-state index contributed by atoms with van der Waals surface area (Å²) >= 11 is 0. The van der Waals surface area contributed by atoms with E-state index in [1.54, 1.807) is 4.90 Å². The molecule has 0 spiro atoms. The summed E-state index contributed by atoms with van der Waals surface area (Å²) in [6.45, 7) is 11.0. The van der Waals surface area contributed by atoms with Gasteiger partial charge in [-0.2, -0.15) is 0 Å². The van der Waals surface area contributed by atoms with Crippen LogP contribution in [0.4, 0.5) is 4.79 Å². The number of nitrogens with zero attached hydrogens (tertiary/aromatic N) is 1. The summed E-state index contributed by atoms with van der Waals surface area (Å²) in [5.74, 6) is 0.743. The summed E-state index contributed by atoms with van der Waals surface area (Å²) < 4.78 is 0. The first-order valence-electron chi connectivity index (χ1n) is 5.96. The predicted molar refractivity (Wildman–Crippen MR) is 66.8 cm³/mol. The van der Waals surface area contributed by atoms with Crippen LogP contribution in [0.25, 0.3) is 0 Å². The van der Waals surface area contributed by atoms with Crippen LogP contribution >= 0.6 is 0 Å². The third kappa shape index (κ3) is 3.72. The first-order valence-corrected chi connectivity index (χ1v) is 5.96. The monoisotopic (exact) mass is 222 g/mol. The van der Waals surface area contributed by atoms with E-state index in [-0.39, 0.29) is 6.03 Å². The molecule has 1 aliphatic heterocycles. The molecule has 0 unspecified atom stereocenters. The van der Waals surface area contributed by atoms with Gasteiger partial charge in [0.15, 0.2) is 0 Å².